The molecule has 5 nitrogen and oxygen atoms in total. The first-order valence-electron chi connectivity index (χ1n) is 6.97. The molecule has 5 heteroatoms. The molecule has 1 atom stereocenters. The first kappa shape index (κ1) is 14.7. The second-order valence-electron chi connectivity index (χ2n) is 5.24. The second-order valence-corrected chi connectivity index (χ2v) is 5.24. The Morgan fingerprint density at radius 3 is 2.80 bits per heavy atom. The molecule has 0 heterocycles. The molecule has 0 bridgehead atoms. The molecule has 110 valence electrons. The van der Waals surface area contributed by atoms with Gasteiger partial charge in [0.25, 0.3) is 0 Å². The van der Waals surface area contributed by atoms with Crippen molar-refractivity contribution < 1.29 is 14.6 Å². The molecule has 1 unspecified atom stereocenters. The van der Waals surface area contributed by atoms with Gasteiger partial charge in [0.05, 0.1) is 7.11 Å². The third-order valence-electron chi connectivity index (χ3n) is 3.60. The molecule has 1 aromatic rings. The lowest BCUT2D eigenvalue weighted by Gasteiger charge is -2.18. The molecule has 1 fully saturated rings. The predicted molar refractivity (Wildman–Crippen MR) is 78.1 cm³/mol. The summed E-state index contributed by atoms with van der Waals surface area (Å²) in [6, 6.07) is 5.36. The van der Waals surface area contributed by atoms with Gasteiger partial charge in [0.15, 0.2) is 0 Å². The molecule has 0 spiro atoms. The Kier molecular flexibility index (Phi) is 4.84. The van der Waals surface area contributed by atoms with Crippen LogP contribution in [0.15, 0.2) is 18.2 Å². The number of amides is 2. The number of carbonyl (C=O) groups is 1. The topological polar surface area (TPSA) is 70.6 Å². The molecule has 0 aromatic heterocycles. The zero-order chi connectivity index (χ0) is 14.5. The highest BCUT2D eigenvalue weighted by Gasteiger charge is 2.31. The SMILES string of the molecule is COc1ccc(NC(=O)NC(CCO)C2CC2)cc1C. The number of anilines is 1. The molecule has 0 aliphatic heterocycles. The number of aryl methyl sites for hydroxylation is 1. The van der Waals surface area contributed by atoms with Crippen molar-refractivity contribution in [2.45, 2.75) is 32.2 Å². The summed E-state index contributed by atoms with van der Waals surface area (Å²) in [4.78, 5) is 12.0. The molecule has 0 saturated heterocycles. The van der Waals surface area contributed by atoms with Crippen molar-refractivity contribution in [3.8, 4) is 5.75 Å². The summed E-state index contributed by atoms with van der Waals surface area (Å²) in [5, 5.41) is 14.8. The molecule has 3 N–H and O–H groups in total. The summed E-state index contributed by atoms with van der Waals surface area (Å²) in [5.74, 6) is 1.32. The van der Waals surface area contributed by atoms with Gasteiger partial charge in [-0.2, -0.15) is 0 Å². The van der Waals surface area contributed by atoms with E-state index in [0.29, 0.717) is 12.3 Å². The highest BCUT2D eigenvalue weighted by molar-refractivity contribution is 5.89. The maximum absolute atomic E-state index is 12.0. The monoisotopic (exact) mass is 278 g/mol. The van der Waals surface area contributed by atoms with Crippen LogP contribution in [0.3, 0.4) is 0 Å². The number of carbonyl (C=O) groups excluding carboxylic acids is 1. The Balaban J connectivity index is 1.91. The number of rotatable bonds is 6. The van der Waals surface area contributed by atoms with Crippen LogP contribution >= 0.6 is 0 Å². The molecule has 1 saturated carbocycles. The number of aliphatic hydroxyl groups excluding tert-OH is 1. The lowest BCUT2D eigenvalue weighted by atomic mass is 10.1. The molecular weight excluding hydrogens is 256 g/mol. The number of urea groups is 1. The number of benzene rings is 1. The van der Waals surface area contributed by atoms with E-state index in [1.165, 1.54) is 0 Å². The second kappa shape index (κ2) is 6.61. The number of ether oxygens (including phenoxy) is 1. The maximum Gasteiger partial charge on any atom is 0.319 e. The maximum atomic E-state index is 12.0. The van der Waals surface area contributed by atoms with Crippen molar-refractivity contribution in [1.82, 2.24) is 5.32 Å². The Bertz CT molecular complexity index is 472. The van der Waals surface area contributed by atoms with Crippen LogP contribution in [0.5, 0.6) is 5.75 Å². The van der Waals surface area contributed by atoms with Crippen LogP contribution in [-0.2, 0) is 0 Å². The van der Waals surface area contributed by atoms with Crippen LogP contribution in [0, 0.1) is 12.8 Å². The van der Waals surface area contributed by atoms with Gasteiger partial charge in [-0.3, -0.25) is 0 Å². The van der Waals surface area contributed by atoms with E-state index >= 15 is 0 Å². The lowest BCUT2D eigenvalue weighted by molar-refractivity contribution is 0.234. The van der Waals surface area contributed by atoms with Crippen LogP contribution in [0.2, 0.25) is 0 Å². The molecule has 1 aromatic carbocycles. The van der Waals surface area contributed by atoms with E-state index in [9.17, 15) is 4.79 Å². The van der Waals surface area contributed by atoms with Gasteiger partial charge in [0.2, 0.25) is 0 Å². The Morgan fingerprint density at radius 1 is 1.50 bits per heavy atom. The Morgan fingerprint density at radius 2 is 2.25 bits per heavy atom. The molecule has 20 heavy (non-hydrogen) atoms. The van der Waals surface area contributed by atoms with Crippen LogP contribution in [0.25, 0.3) is 0 Å². The van der Waals surface area contributed by atoms with E-state index in [1.807, 2.05) is 25.1 Å². The van der Waals surface area contributed by atoms with Gasteiger partial charge in [-0.1, -0.05) is 0 Å². The third-order valence-corrected chi connectivity index (χ3v) is 3.60. The van der Waals surface area contributed by atoms with Crippen molar-refractivity contribution >= 4 is 11.7 Å². The number of methoxy groups -OCH3 is 1. The largest absolute Gasteiger partial charge is 0.496 e. The van der Waals surface area contributed by atoms with Crippen molar-refractivity contribution in [2.75, 3.05) is 19.0 Å². The molecule has 2 amide bonds. The molecule has 2 rings (SSSR count). The molecule has 1 aliphatic rings. The van der Waals surface area contributed by atoms with Crippen molar-refractivity contribution in [2.24, 2.45) is 5.92 Å². The fourth-order valence-corrected chi connectivity index (χ4v) is 2.36. The quantitative estimate of drug-likeness (QED) is 0.747. The summed E-state index contributed by atoms with van der Waals surface area (Å²) in [5.41, 5.74) is 1.71. The molecular formula is C15H22N2O3. The van der Waals surface area contributed by atoms with Crippen molar-refractivity contribution in [1.29, 1.82) is 0 Å². The fraction of sp³-hybridized carbons (Fsp3) is 0.533. The Labute approximate surface area is 119 Å². The van der Waals surface area contributed by atoms with Crippen LogP contribution < -0.4 is 15.4 Å². The van der Waals surface area contributed by atoms with Gasteiger partial charge in [-0.25, -0.2) is 4.79 Å². The van der Waals surface area contributed by atoms with Crippen LogP contribution in [0.1, 0.15) is 24.8 Å². The van der Waals surface area contributed by atoms with Gasteiger partial charge < -0.3 is 20.5 Å². The van der Waals surface area contributed by atoms with E-state index in [4.69, 9.17) is 9.84 Å². The van der Waals surface area contributed by atoms with E-state index in [2.05, 4.69) is 10.6 Å². The predicted octanol–water partition coefficient (Wildman–Crippen LogP) is 2.29. The number of hydrogen-bond donors (Lipinski definition) is 3. The highest BCUT2D eigenvalue weighted by atomic mass is 16.5. The van der Waals surface area contributed by atoms with Gasteiger partial charge in [0.1, 0.15) is 5.75 Å². The van der Waals surface area contributed by atoms with Gasteiger partial charge in [0, 0.05) is 18.3 Å². The van der Waals surface area contributed by atoms with Crippen LogP contribution in [0.4, 0.5) is 10.5 Å². The smallest absolute Gasteiger partial charge is 0.319 e. The fourth-order valence-electron chi connectivity index (χ4n) is 2.36. The zero-order valence-corrected chi connectivity index (χ0v) is 12.0. The van der Waals surface area contributed by atoms with Gasteiger partial charge in [-0.05, 0) is 55.9 Å². The van der Waals surface area contributed by atoms with Crippen molar-refractivity contribution in [3.05, 3.63) is 23.8 Å². The first-order chi connectivity index (χ1) is 9.63. The number of aliphatic hydroxyl groups is 1. The van der Waals surface area contributed by atoms with Crippen LogP contribution in [-0.4, -0.2) is 30.9 Å². The average molecular weight is 278 g/mol. The standard InChI is InChI=1S/C15H22N2O3/c1-10-9-12(5-6-14(10)20-2)16-15(19)17-13(7-8-18)11-3-4-11/h5-6,9,11,13,18H,3-4,7-8H2,1-2H3,(H2,16,17,19). The number of nitrogens with one attached hydrogen (secondary N) is 2. The summed E-state index contributed by atoms with van der Waals surface area (Å²) >= 11 is 0. The summed E-state index contributed by atoms with van der Waals surface area (Å²) in [6.45, 7) is 2.03. The normalized spacial score (nSPS) is 15.6. The van der Waals surface area contributed by atoms with E-state index in [0.717, 1.165) is 29.8 Å². The minimum atomic E-state index is -0.222. The lowest BCUT2D eigenvalue weighted by Crippen LogP contribution is -2.39. The summed E-state index contributed by atoms with van der Waals surface area (Å²) in [7, 11) is 1.62. The minimum Gasteiger partial charge on any atom is -0.496 e. The van der Waals surface area contributed by atoms with E-state index < -0.39 is 0 Å². The first-order valence-corrected chi connectivity index (χ1v) is 6.97. The summed E-state index contributed by atoms with van der Waals surface area (Å²) < 4.78 is 5.19. The van der Waals surface area contributed by atoms with Gasteiger partial charge >= 0.3 is 6.03 Å². The number of hydrogen-bond acceptors (Lipinski definition) is 3. The van der Waals surface area contributed by atoms with Crippen molar-refractivity contribution in [3.63, 3.8) is 0 Å². The third kappa shape index (κ3) is 3.87. The van der Waals surface area contributed by atoms with Gasteiger partial charge in [-0.15, -0.1) is 0 Å². The zero-order valence-electron chi connectivity index (χ0n) is 12.0. The van der Waals surface area contributed by atoms with E-state index in [-0.39, 0.29) is 18.7 Å². The minimum absolute atomic E-state index is 0.0688. The van der Waals surface area contributed by atoms with E-state index in [1.54, 1.807) is 7.11 Å². The summed E-state index contributed by atoms with van der Waals surface area (Å²) in [6.07, 6.45) is 2.87. The molecule has 0 radical (unpaired) electrons. The average Bonchev–Trinajstić information content (AvgIpc) is 3.22. The molecule has 1 aliphatic carbocycles. The highest BCUT2D eigenvalue weighted by Crippen LogP contribution is 2.34. The Hall–Kier alpha value is -1.75.